The summed E-state index contributed by atoms with van der Waals surface area (Å²) in [6, 6.07) is -0.628. The molecular weight excluding hydrogens is 899 g/mol. The van der Waals surface area contributed by atoms with Gasteiger partial charge >= 0.3 is 5.97 Å². The summed E-state index contributed by atoms with van der Waals surface area (Å²) >= 11 is 0. The highest BCUT2D eigenvalue weighted by Crippen LogP contribution is 2.17. The number of amides is 1. The molecule has 0 bridgehead atoms. The van der Waals surface area contributed by atoms with E-state index in [1.54, 1.807) is 6.08 Å². The Bertz CT molecular complexity index is 1230. The molecule has 0 aliphatic rings. The molecular formula is C67H125NO5. The Morgan fingerprint density at radius 1 is 0.384 bits per heavy atom. The maximum Gasteiger partial charge on any atom is 0.305 e. The molecule has 0 saturated carbocycles. The second kappa shape index (κ2) is 62.4. The molecule has 0 aliphatic carbocycles. The van der Waals surface area contributed by atoms with Gasteiger partial charge in [-0.2, -0.15) is 0 Å². The Balaban J connectivity index is 3.38. The van der Waals surface area contributed by atoms with Crippen molar-refractivity contribution in [2.24, 2.45) is 0 Å². The largest absolute Gasteiger partial charge is 0.466 e. The third-order valence-electron chi connectivity index (χ3n) is 14.8. The van der Waals surface area contributed by atoms with Crippen molar-refractivity contribution in [2.75, 3.05) is 13.2 Å². The van der Waals surface area contributed by atoms with E-state index in [4.69, 9.17) is 4.74 Å². The number of ether oxygens (including phenoxy) is 1. The highest BCUT2D eigenvalue weighted by atomic mass is 16.5. The molecule has 1 amide bonds. The second-order valence-electron chi connectivity index (χ2n) is 22.1. The number of nitrogens with one attached hydrogen (secondary N) is 1. The maximum atomic E-state index is 12.4. The summed E-state index contributed by atoms with van der Waals surface area (Å²) in [5.74, 6) is -0.0610. The lowest BCUT2D eigenvalue weighted by Gasteiger charge is -2.20. The predicted octanol–water partition coefficient (Wildman–Crippen LogP) is 20.5. The van der Waals surface area contributed by atoms with Crippen molar-refractivity contribution < 1.29 is 24.5 Å². The fourth-order valence-corrected chi connectivity index (χ4v) is 9.84. The number of allylic oxidation sites excluding steroid dienone is 7. The molecule has 428 valence electrons. The van der Waals surface area contributed by atoms with Gasteiger partial charge < -0.3 is 20.3 Å². The van der Waals surface area contributed by atoms with Gasteiger partial charge in [0.1, 0.15) is 0 Å². The van der Waals surface area contributed by atoms with E-state index in [0.29, 0.717) is 19.4 Å². The van der Waals surface area contributed by atoms with Gasteiger partial charge in [-0.1, -0.05) is 287 Å². The topological polar surface area (TPSA) is 95.9 Å². The standard InChI is InChI=1S/C67H125NO5/c1-3-5-7-9-11-13-15-16-17-18-27-31-34-37-41-45-49-53-57-61-67(72)73-62-58-54-50-46-42-38-35-32-29-26-24-22-20-19-21-23-25-28-30-33-36-40-44-48-52-56-60-66(71)68-64(63-69)65(70)59-55-51-47-43-39-14-12-10-8-6-4-2/h11,13,16-17,19,21,55,59,64-65,69-70H,3-10,12,14-15,18,20,22-54,56-58,60-63H2,1-2H3,(H,68,71)/b13-11-,17-16-,21-19-,59-55+. The molecule has 0 aromatic carbocycles. The number of aliphatic hydroxyl groups is 2. The Labute approximate surface area is 455 Å². The minimum atomic E-state index is -0.845. The first-order chi connectivity index (χ1) is 36.0. The molecule has 0 fully saturated rings. The number of hydrogen-bond acceptors (Lipinski definition) is 5. The van der Waals surface area contributed by atoms with Crippen molar-refractivity contribution in [3.8, 4) is 0 Å². The highest BCUT2D eigenvalue weighted by Gasteiger charge is 2.18. The van der Waals surface area contributed by atoms with Crippen LogP contribution in [0.25, 0.3) is 0 Å². The lowest BCUT2D eigenvalue weighted by molar-refractivity contribution is -0.143. The lowest BCUT2D eigenvalue weighted by Crippen LogP contribution is -2.45. The monoisotopic (exact) mass is 1020 g/mol. The molecule has 0 aromatic rings. The van der Waals surface area contributed by atoms with Gasteiger partial charge in [0.25, 0.3) is 0 Å². The van der Waals surface area contributed by atoms with Crippen LogP contribution in [0.5, 0.6) is 0 Å². The minimum absolute atomic E-state index is 0.00989. The molecule has 2 atom stereocenters. The van der Waals surface area contributed by atoms with Crippen LogP contribution in [0.4, 0.5) is 0 Å². The predicted molar refractivity (Wildman–Crippen MR) is 319 cm³/mol. The summed E-state index contributed by atoms with van der Waals surface area (Å²) in [6.07, 6.45) is 80.3. The van der Waals surface area contributed by atoms with Crippen LogP contribution >= 0.6 is 0 Å². The number of esters is 1. The van der Waals surface area contributed by atoms with E-state index < -0.39 is 12.1 Å². The van der Waals surface area contributed by atoms with E-state index >= 15 is 0 Å². The van der Waals surface area contributed by atoms with Gasteiger partial charge in [-0.25, -0.2) is 0 Å². The number of carbonyl (C=O) groups excluding carboxylic acids is 2. The van der Waals surface area contributed by atoms with Crippen LogP contribution in [-0.2, 0) is 14.3 Å². The van der Waals surface area contributed by atoms with Gasteiger partial charge in [-0.3, -0.25) is 9.59 Å². The SMILES string of the molecule is CCCCC/C=C\C/C=C\CCCCCCCCCCCC(=O)OCCCCCCCCCCCCCC/C=C\CCCCCCCCCCCCC(=O)NC(CO)C(O)/C=C/CCCCCCCCCCC. The van der Waals surface area contributed by atoms with Gasteiger partial charge in [0.05, 0.1) is 25.4 Å². The zero-order chi connectivity index (χ0) is 52.9. The Kier molecular flexibility index (Phi) is 60.5. The van der Waals surface area contributed by atoms with Gasteiger partial charge in [-0.05, 0) is 89.9 Å². The molecule has 6 heteroatoms. The summed E-state index contributed by atoms with van der Waals surface area (Å²) < 4.78 is 5.50. The first-order valence-corrected chi connectivity index (χ1v) is 32.4. The summed E-state index contributed by atoms with van der Waals surface area (Å²) in [5.41, 5.74) is 0. The minimum Gasteiger partial charge on any atom is -0.466 e. The van der Waals surface area contributed by atoms with Crippen molar-refractivity contribution >= 4 is 11.9 Å². The number of rotatable bonds is 60. The third kappa shape index (κ3) is 58.9. The van der Waals surface area contributed by atoms with Crippen molar-refractivity contribution in [2.45, 2.75) is 353 Å². The smallest absolute Gasteiger partial charge is 0.305 e. The molecule has 0 rings (SSSR count). The maximum absolute atomic E-state index is 12.4. The summed E-state index contributed by atoms with van der Waals surface area (Å²) in [4.78, 5) is 24.5. The van der Waals surface area contributed by atoms with Gasteiger partial charge in [0, 0.05) is 12.8 Å². The van der Waals surface area contributed by atoms with Crippen LogP contribution in [0.1, 0.15) is 341 Å². The average molecular weight is 1020 g/mol. The van der Waals surface area contributed by atoms with Crippen LogP contribution in [0.3, 0.4) is 0 Å². The van der Waals surface area contributed by atoms with Crippen molar-refractivity contribution in [3.63, 3.8) is 0 Å². The van der Waals surface area contributed by atoms with Crippen molar-refractivity contribution in [1.82, 2.24) is 5.32 Å². The van der Waals surface area contributed by atoms with Crippen molar-refractivity contribution in [3.05, 3.63) is 48.6 Å². The van der Waals surface area contributed by atoms with Gasteiger partial charge in [0.15, 0.2) is 0 Å². The summed E-state index contributed by atoms with van der Waals surface area (Å²) in [5, 5.41) is 23.0. The molecule has 0 heterocycles. The zero-order valence-corrected chi connectivity index (χ0v) is 48.9. The molecule has 0 saturated heterocycles. The van der Waals surface area contributed by atoms with Crippen LogP contribution in [0.2, 0.25) is 0 Å². The van der Waals surface area contributed by atoms with Crippen LogP contribution in [0, 0.1) is 0 Å². The van der Waals surface area contributed by atoms with Crippen LogP contribution in [-0.4, -0.2) is 47.4 Å². The highest BCUT2D eigenvalue weighted by molar-refractivity contribution is 5.76. The summed E-state index contributed by atoms with van der Waals surface area (Å²) in [6.45, 7) is 4.87. The van der Waals surface area contributed by atoms with Crippen LogP contribution in [0.15, 0.2) is 48.6 Å². The number of aliphatic hydroxyl groups excluding tert-OH is 2. The van der Waals surface area contributed by atoms with E-state index in [1.807, 2.05) is 6.08 Å². The summed E-state index contributed by atoms with van der Waals surface area (Å²) in [7, 11) is 0. The van der Waals surface area contributed by atoms with E-state index in [0.717, 1.165) is 51.4 Å². The number of carbonyl (C=O) groups is 2. The van der Waals surface area contributed by atoms with E-state index in [1.165, 1.54) is 263 Å². The number of hydrogen-bond donors (Lipinski definition) is 3. The zero-order valence-electron chi connectivity index (χ0n) is 48.9. The first kappa shape index (κ1) is 70.8. The van der Waals surface area contributed by atoms with E-state index in [9.17, 15) is 19.8 Å². The molecule has 0 aliphatic heterocycles. The fourth-order valence-electron chi connectivity index (χ4n) is 9.84. The number of unbranched alkanes of at least 4 members (excludes halogenated alkanes) is 43. The van der Waals surface area contributed by atoms with E-state index in [2.05, 4.69) is 55.6 Å². The second-order valence-corrected chi connectivity index (χ2v) is 22.1. The molecule has 2 unspecified atom stereocenters. The molecule has 0 radical (unpaired) electrons. The Morgan fingerprint density at radius 2 is 0.685 bits per heavy atom. The first-order valence-electron chi connectivity index (χ1n) is 32.4. The van der Waals surface area contributed by atoms with Crippen LogP contribution < -0.4 is 5.32 Å². The van der Waals surface area contributed by atoms with Gasteiger partial charge in [0.2, 0.25) is 5.91 Å². The van der Waals surface area contributed by atoms with Gasteiger partial charge in [-0.15, -0.1) is 0 Å². The molecule has 73 heavy (non-hydrogen) atoms. The average Bonchev–Trinajstić information content (AvgIpc) is 3.39. The molecule has 6 nitrogen and oxygen atoms in total. The normalized spacial score (nSPS) is 12.9. The Morgan fingerprint density at radius 3 is 1.08 bits per heavy atom. The lowest BCUT2D eigenvalue weighted by atomic mass is 10.0. The molecule has 0 spiro atoms. The van der Waals surface area contributed by atoms with Crippen molar-refractivity contribution in [1.29, 1.82) is 0 Å². The third-order valence-corrected chi connectivity index (χ3v) is 14.8. The van der Waals surface area contributed by atoms with E-state index in [-0.39, 0.29) is 18.5 Å². The molecule has 0 aromatic heterocycles. The quantitative estimate of drug-likeness (QED) is 0.0320. The fraction of sp³-hybridized carbons (Fsp3) is 0.851. The Hall–Kier alpha value is -2.18. The molecule has 3 N–H and O–H groups in total.